The highest BCUT2D eigenvalue weighted by Crippen LogP contribution is 2.44. The summed E-state index contributed by atoms with van der Waals surface area (Å²) in [5, 5.41) is 11.4. The molecule has 2 aromatic carbocycles. The normalized spacial score (nSPS) is 24.1. The fourth-order valence-corrected chi connectivity index (χ4v) is 3.84. The van der Waals surface area contributed by atoms with Gasteiger partial charge in [-0.2, -0.15) is 0 Å². The van der Waals surface area contributed by atoms with Crippen LogP contribution in [0.15, 0.2) is 42.5 Å². The van der Waals surface area contributed by atoms with Gasteiger partial charge in [-0.05, 0) is 41.5 Å². The molecule has 2 fully saturated rings. The maximum absolute atomic E-state index is 13.0. The van der Waals surface area contributed by atoms with Gasteiger partial charge in [-0.25, -0.2) is 0 Å². The first-order chi connectivity index (χ1) is 11.1. The topological polar surface area (TPSA) is 57.6 Å². The van der Waals surface area contributed by atoms with Crippen LogP contribution in [0.3, 0.4) is 0 Å². The van der Waals surface area contributed by atoms with Crippen molar-refractivity contribution >= 4 is 22.6 Å². The van der Waals surface area contributed by atoms with Crippen molar-refractivity contribution < 1.29 is 14.7 Å². The number of rotatable bonds is 3. The highest BCUT2D eigenvalue weighted by atomic mass is 16.4. The van der Waals surface area contributed by atoms with E-state index in [-0.39, 0.29) is 11.8 Å². The minimum absolute atomic E-state index is 0.0452. The summed E-state index contributed by atoms with van der Waals surface area (Å²) in [5.74, 6) is -0.624. The Labute approximate surface area is 134 Å². The van der Waals surface area contributed by atoms with Crippen molar-refractivity contribution in [3.8, 4) is 0 Å². The molecule has 1 saturated heterocycles. The minimum atomic E-state index is -0.768. The van der Waals surface area contributed by atoms with E-state index in [2.05, 4.69) is 0 Å². The largest absolute Gasteiger partial charge is 0.481 e. The molecule has 2 atom stereocenters. The second-order valence-corrected chi connectivity index (χ2v) is 6.68. The molecule has 4 nitrogen and oxygen atoms in total. The summed E-state index contributed by atoms with van der Waals surface area (Å²) in [5.41, 5.74) is 0.670. The fourth-order valence-electron chi connectivity index (χ4n) is 3.84. The lowest BCUT2D eigenvalue weighted by Crippen LogP contribution is -2.30. The Morgan fingerprint density at radius 1 is 1.00 bits per heavy atom. The molecule has 0 aromatic heterocycles. The number of carbonyl (C=O) groups excluding carboxylic acids is 1. The van der Waals surface area contributed by atoms with Gasteiger partial charge in [0.25, 0.3) is 5.91 Å². The Hall–Kier alpha value is -2.36. The molecule has 1 saturated carbocycles. The second kappa shape index (κ2) is 5.37. The van der Waals surface area contributed by atoms with Gasteiger partial charge in [0.2, 0.25) is 0 Å². The zero-order valence-corrected chi connectivity index (χ0v) is 12.8. The number of benzene rings is 2. The maximum Gasteiger partial charge on any atom is 0.308 e. The summed E-state index contributed by atoms with van der Waals surface area (Å²) in [6.07, 6.45) is 2.20. The number of fused-ring (bicyclic) bond motifs is 1. The number of aliphatic carboxylic acids is 1. The van der Waals surface area contributed by atoms with Crippen molar-refractivity contribution in [1.82, 2.24) is 4.90 Å². The molecule has 0 radical (unpaired) electrons. The zero-order chi connectivity index (χ0) is 16.0. The van der Waals surface area contributed by atoms with Gasteiger partial charge in [0.15, 0.2) is 0 Å². The third-order valence-corrected chi connectivity index (χ3v) is 5.22. The molecule has 0 unspecified atom stereocenters. The Bertz CT molecular complexity index is 776. The first-order valence-corrected chi connectivity index (χ1v) is 8.15. The lowest BCUT2D eigenvalue weighted by Gasteiger charge is -2.17. The van der Waals surface area contributed by atoms with Gasteiger partial charge in [0.1, 0.15) is 0 Å². The Morgan fingerprint density at radius 3 is 2.48 bits per heavy atom. The van der Waals surface area contributed by atoms with Crippen LogP contribution in [-0.2, 0) is 4.79 Å². The minimum Gasteiger partial charge on any atom is -0.481 e. The molecule has 1 N–H and O–H groups in total. The molecule has 1 aliphatic heterocycles. The van der Waals surface area contributed by atoms with E-state index in [1.54, 1.807) is 4.90 Å². The monoisotopic (exact) mass is 309 g/mol. The van der Waals surface area contributed by atoms with E-state index in [0.717, 1.165) is 23.6 Å². The first kappa shape index (κ1) is 14.2. The lowest BCUT2D eigenvalue weighted by atomic mass is 9.92. The van der Waals surface area contributed by atoms with Crippen LogP contribution in [0.25, 0.3) is 10.8 Å². The van der Waals surface area contributed by atoms with Gasteiger partial charge in [-0.1, -0.05) is 36.4 Å². The highest BCUT2D eigenvalue weighted by molar-refractivity contribution is 6.07. The molecule has 1 amide bonds. The molecule has 0 bridgehead atoms. The number of nitrogens with zero attached hydrogens (tertiary/aromatic N) is 1. The van der Waals surface area contributed by atoms with E-state index in [4.69, 9.17) is 0 Å². The first-order valence-electron chi connectivity index (χ1n) is 8.15. The van der Waals surface area contributed by atoms with Gasteiger partial charge < -0.3 is 10.0 Å². The van der Waals surface area contributed by atoms with Gasteiger partial charge in [0, 0.05) is 18.7 Å². The second-order valence-electron chi connectivity index (χ2n) is 6.68. The zero-order valence-electron chi connectivity index (χ0n) is 12.8. The summed E-state index contributed by atoms with van der Waals surface area (Å²) in [6.45, 7) is 0.905. The number of amides is 1. The summed E-state index contributed by atoms with van der Waals surface area (Å²) in [7, 11) is 0. The molecule has 4 rings (SSSR count). The molecule has 4 heteroatoms. The quantitative estimate of drug-likeness (QED) is 0.948. The molecule has 23 heavy (non-hydrogen) atoms. The van der Waals surface area contributed by atoms with Crippen molar-refractivity contribution in [3.05, 3.63) is 48.0 Å². The molecule has 0 spiro atoms. The molecule has 2 aromatic rings. The molecule has 2 aliphatic rings. The van der Waals surface area contributed by atoms with Crippen LogP contribution in [0.1, 0.15) is 23.2 Å². The average Bonchev–Trinajstić information content (AvgIpc) is 3.31. The number of carboxylic acid groups (broad SMARTS) is 1. The SMILES string of the molecule is O=C(O)[C@H]1CN(C(=O)c2cccc3ccccc23)C[C@@H]1C1CC1. The van der Waals surface area contributed by atoms with Crippen LogP contribution in [0.5, 0.6) is 0 Å². The van der Waals surface area contributed by atoms with E-state index in [1.807, 2.05) is 42.5 Å². The smallest absolute Gasteiger partial charge is 0.308 e. The number of hydrogen-bond donors (Lipinski definition) is 1. The summed E-state index contributed by atoms with van der Waals surface area (Å²) < 4.78 is 0. The van der Waals surface area contributed by atoms with E-state index >= 15 is 0 Å². The van der Waals surface area contributed by atoms with Crippen molar-refractivity contribution in [3.63, 3.8) is 0 Å². The Kier molecular flexibility index (Phi) is 3.33. The van der Waals surface area contributed by atoms with Crippen LogP contribution in [0.2, 0.25) is 0 Å². The molecular weight excluding hydrogens is 290 g/mol. The average molecular weight is 309 g/mol. The van der Waals surface area contributed by atoms with Crippen molar-refractivity contribution in [2.75, 3.05) is 13.1 Å². The van der Waals surface area contributed by atoms with Crippen LogP contribution in [0.4, 0.5) is 0 Å². The molecule has 118 valence electrons. The summed E-state index contributed by atoms with van der Waals surface area (Å²) in [6, 6.07) is 13.5. The number of hydrogen-bond acceptors (Lipinski definition) is 2. The number of likely N-dealkylation sites (tertiary alicyclic amines) is 1. The van der Waals surface area contributed by atoms with Crippen LogP contribution >= 0.6 is 0 Å². The predicted molar refractivity (Wildman–Crippen MR) is 87.2 cm³/mol. The van der Waals surface area contributed by atoms with Gasteiger partial charge in [0.05, 0.1) is 5.92 Å². The van der Waals surface area contributed by atoms with Crippen molar-refractivity contribution in [2.24, 2.45) is 17.8 Å². The van der Waals surface area contributed by atoms with Crippen LogP contribution < -0.4 is 0 Å². The number of carbonyl (C=O) groups is 2. The Balaban J connectivity index is 1.65. The highest BCUT2D eigenvalue weighted by Gasteiger charge is 2.47. The van der Waals surface area contributed by atoms with E-state index in [0.29, 0.717) is 24.6 Å². The molecule has 1 heterocycles. The third kappa shape index (κ3) is 2.48. The van der Waals surface area contributed by atoms with E-state index in [9.17, 15) is 14.7 Å². The van der Waals surface area contributed by atoms with Gasteiger partial charge >= 0.3 is 5.97 Å². The fraction of sp³-hybridized carbons (Fsp3) is 0.368. The molecular formula is C19H19NO3. The summed E-state index contributed by atoms with van der Waals surface area (Å²) in [4.78, 5) is 26.2. The van der Waals surface area contributed by atoms with Gasteiger partial charge in [-0.15, -0.1) is 0 Å². The lowest BCUT2D eigenvalue weighted by molar-refractivity contribution is -0.142. The third-order valence-electron chi connectivity index (χ3n) is 5.22. The standard InChI is InChI=1S/C19H19NO3/c21-18(15-7-3-5-12-4-1-2-6-14(12)15)20-10-16(13-8-9-13)17(11-20)19(22)23/h1-7,13,16-17H,8-11H2,(H,22,23)/t16-,17+/m1/s1. The van der Waals surface area contributed by atoms with E-state index in [1.165, 1.54) is 0 Å². The molecule has 1 aliphatic carbocycles. The summed E-state index contributed by atoms with van der Waals surface area (Å²) >= 11 is 0. The van der Waals surface area contributed by atoms with Gasteiger partial charge in [-0.3, -0.25) is 9.59 Å². The van der Waals surface area contributed by atoms with Crippen LogP contribution in [0, 0.1) is 17.8 Å². The maximum atomic E-state index is 13.0. The predicted octanol–water partition coefficient (Wildman–Crippen LogP) is 3.02. The van der Waals surface area contributed by atoms with Crippen molar-refractivity contribution in [2.45, 2.75) is 12.8 Å². The van der Waals surface area contributed by atoms with Crippen molar-refractivity contribution in [1.29, 1.82) is 0 Å². The van der Waals surface area contributed by atoms with E-state index < -0.39 is 11.9 Å². The van der Waals surface area contributed by atoms with Crippen LogP contribution in [-0.4, -0.2) is 35.0 Å². The number of carboxylic acids is 1. The Morgan fingerprint density at radius 2 is 1.74 bits per heavy atom.